The second-order valence-electron chi connectivity index (χ2n) is 3.78. The Morgan fingerprint density at radius 2 is 1.42 bits per heavy atom. The van der Waals surface area contributed by atoms with Crippen LogP contribution in [-0.2, 0) is 24.6 Å². The number of nitrogens with zero attached hydrogens (tertiary/aromatic N) is 2. The number of benzene rings is 1. The van der Waals surface area contributed by atoms with Crippen LogP contribution in [-0.4, -0.2) is 30.9 Å². The number of aliphatic imine (C=N–C) groups is 2. The number of rotatable bonds is 5. The molecule has 0 unspecified atom stereocenters. The van der Waals surface area contributed by atoms with Crippen LogP contribution in [0.3, 0.4) is 0 Å². The summed E-state index contributed by atoms with van der Waals surface area (Å²) in [6, 6.07) is 10.5. The van der Waals surface area contributed by atoms with Crippen molar-refractivity contribution in [3.05, 3.63) is 56.5 Å². The van der Waals surface area contributed by atoms with Crippen molar-refractivity contribution in [2.24, 2.45) is 9.98 Å². The SMILES string of the molecule is C=C.CCC(=NC)C(CCc1ccccc1)=NC.ClCCl.[CH3-].[Cl][Pd+]. The third-order valence-corrected chi connectivity index (χ3v) is 2.70. The monoisotopic (exact) mass is 484 g/mol. The average molecular weight is 486 g/mol. The summed E-state index contributed by atoms with van der Waals surface area (Å²) < 4.78 is 0. The number of alkyl halides is 2. The van der Waals surface area contributed by atoms with Crippen molar-refractivity contribution < 1.29 is 18.2 Å². The van der Waals surface area contributed by atoms with Crippen LogP contribution < -0.4 is 0 Å². The summed E-state index contributed by atoms with van der Waals surface area (Å²) in [5.41, 5.74) is 3.61. The summed E-state index contributed by atoms with van der Waals surface area (Å²) in [5, 5.41) is 0.194. The third kappa shape index (κ3) is 18.2. The third-order valence-electron chi connectivity index (χ3n) is 2.70. The average Bonchev–Trinajstić information content (AvgIpc) is 2.63. The van der Waals surface area contributed by atoms with Gasteiger partial charge in [0.15, 0.2) is 0 Å². The molecule has 0 bridgehead atoms. The molecule has 0 N–H and O–H groups in total. The van der Waals surface area contributed by atoms with Gasteiger partial charge in [-0.1, -0.05) is 37.3 Å². The Labute approximate surface area is 173 Å². The molecule has 0 saturated heterocycles. The summed E-state index contributed by atoms with van der Waals surface area (Å²) in [6.45, 7) is 8.12. The van der Waals surface area contributed by atoms with Gasteiger partial charge in [0.25, 0.3) is 0 Å². The molecule has 6 heteroatoms. The van der Waals surface area contributed by atoms with E-state index in [1.807, 2.05) is 20.2 Å². The molecule has 1 aromatic carbocycles. The van der Waals surface area contributed by atoms with Crippen LogP contribution >= 0.6 is 32.7 Å². The van der Waals surface area contributed by atoms with E-state index in [0.29, 0.717) is 0 Å². The van der Waals surface area contributed by atoms with Crippen molar-refractivity contribution in [2.45, 2.75) is 26.2 Å². The second-order valence-corrected chi connectivity index (χ2v) is 4.59. The van der Waals surface area contributed by atoms with Gasteiger partial charge in [-0.05, 0) is 24.8 Å². The van der Waals surface area contributed by atoms with E-state index in [4.69, 9.17) is 23.2 Å². The van der Waals surface area contributed by atoms with Crippen LogP contribution in [0.1, 0.15) is 25.3 Å². The molecule has 0 spiro atoms. The first-order valence-electron chi connectivity index (χ1n) is 6.92. The molecule has 0 fully saturated rings. The first-order chi connectivity index (χ1) is 11.2. The van der Waals surface area contributed by atoms with Gasteiger partial charge in [0.05, 0.1) is 16.8 Å². The van der Waals surface area contributed by atoms with Gasteiger partial charge in [0.1, 0.15) is 0 Å². The fourth-order valence-electron chi connectivity index (χ4n) is 1.78. The minimum absolute atomic E-state index is 0. The standard InChI is InChI=1S/C14H20N2.C2H4.CH2Cl2.CH3.ClH.Pd/c1-4-13(15-2)14(16-3)11-10-12-8-6-5-7-9-12;1-2;2-1-3;;;/h5-9H,4,10-11H2,1-3H3;1-2H2;1H2;1H3;1H;/q;;;-1;;+2/p-1. The summed E-state index contributed by atoms with van der Waals surface area (Å²) in [4.78, 5) is 8.61. The Morgan fingerprint density at radius 3 is 1.75 bits per heavy atom. The van der Waals surface area contributed by atoms with E-state index >= 15 is 0 Å². The Bertz CT molecular complexity index is 410. The topological polar surface area (TPSA) is 24.7 Å². The first-order valence-corrected chi connectivity index (χ1v) is 9.99. The minimum atomic E-state index is 0. The van der Waals surface area contributed by atoms with E-state index in [1.165, 1.54) is 5.56 Å². The molecular weight excluding hydrogens is 457 g/mol. The Hall–Kier alpha value is -0.168. The molecule has 0 aliphatic carbocycles. The fourth-order valence-corrected chi connectivity index (χ4v) is 1.78. The zero-order valence-electron chi connectivity index (χ0n) is 15.0. The molecular formula is C18H29Cl3N2Pd. The number of aryl methyl sites for hydroxylation is 1. The number of halogens is 3. The molecule has 0 aliphatic heterocycles. The number of hydrogen-bond acceptors (Lipinski definition) is 2. The van der Waals surface area contributed by atoms with Crippen molar-refractivity contribution >= 4 is 44.2 Å². The van der Waals surface area contributed by atoms with E-state index in [9.17, 15) is 0 Å². The van der Waals surface area contributed by atoms with Crippen LogP contribution in [0.15, 0.2) is 53.5 Å². The summed E-state index contributed by atoms with van der Waals surface area (Å²) in [6.07, 6.45) is 2.96. The normalized spacial score (nSPS) is 9.83. The van der Waals surface area contributed by atoms with Crippen molar-refractivity contribution in [3.8, 4) is 0 Å². The number of hydrogen-bond donors (Lipinski definition) is 0. The van der Waals surface area contributed by atoms with E-state index in [2.05, 4.69) is 82.0 Å². The Kier molecular flexibility index (Phi) is 36.4. The van der Waals surface area contributed by atoms with Gasteiger partial charge in [0.2, 0.25) is 0 Å². The van der Waals surface area contributed by atoms with Gasteiger partial charge in [-0.25, -0.2) is 0 Å². The van der Waals surface area contributed by atoms with Gasteiger partial charge < -0.3 is 7.43 Å². The van der Waals surface area contributed by atoms with Crippen molar-refractivity contribution in [1.82, 2.24) is 0 Å². The van der Waals surface area contributed by atoms with E-state index in [0.717, 1.165) is 30.7 Å². The van der Waals surface area contributed by atoms with Crippen molar-refractivity contribution in [1.29, 1.82) is 0 Å². The summed E-state index contributed by atoms with van der Waals surface area (Å²) in [5.74, 6) is 0. The molecule has 24 heavy (non-hydrogen) atoms. The van der Waals surface area contributed by atoms with E-state index in [1.54, 1.807) is 0 Å². The first kappa shape index (κ1) is 31.6. The van der Waals surface area contributed by atoms with E-state index in [-0.39, 0.29) is 12.8 Å². The Morgan fingerprint density at radius 1 is 1.00 bits per heavy atom. The van der Waals surface area contributed by atoms with Gasteiger partial charge in [-0.15, -0.1) is 36.4 Å². The predicted octanol–water partition coefficient (Wildman–Crippen LogP) is 6.53. The quantitative estimate of drug-likeness (QED) is 0.149. The van der Waals surface area contributed by atoms with Gasteiger partial charge in [-0.2, -0.15) is 0 Å². The molecule has 1 rings (SSSR count). The maximum absolute atomic E-state index is 4.76. The summed E-state index contributed by atoms with van der Waals surface area (Å²) >= 11 is 11.8. The zero-order valence-corrected chi connectivity index (χ0v) is 18.8. The van der Waals surface area contributed by atoms with Gasteiger partial charge in [0, 0.05) is 14.1 Å². The molecule has 0 saturated carbocycles. The van der Waals surface area contributed by atoms with Crippen molar-refractivity contribution in [3.63, 3.8) is 0 Å². The molecule has 1 aromatic rings. The molecule has 0 heterocycles. The molecule has 0 aliphatic rings. The van der Waals surface area contributed by atoms with Crippen molar-refractivity contribution in [2.75, 3.05) is 19.4 Å². The molecule has 142 valence electrons. The van der Waals surface area contributed by atoms with Crippen LogP contribution in [0.5, 0.6) is 0 Å². The van der Waals surface area contributed by atoms with Crippen LogP contribution in [0.25, 0.3) is 0 Å². The Balaban J connectivity index is -0.000000219. The molecule has 0 aromatic heterocycles. The summed E-state index contributed by atoms with van der Waals surface area (Å²) in [7, 11) is 8.18. The molecule has 0 atom stereocenters. The van der Waals surface area contributed by atoms with Crippen LogP contribution in [0.4, 0.5) is 0 Å². The molecule has 2 nitrogen and oxygen atoms in total. The second kappa shape index (κ2) is 27.7. The maximum atomic E-state index is 4.76. The predicted molar refractivity (Wildman–Crippen MR) is 112 cm³/mol. The molecule has 0 amide bonds. The van der Waals surface area contributed by atoms with Crippen LogP contribution in [0, 0.1) is 7.43 Å². The zero-order chi connectivity index (χ0) is 18.5. The van der Waals surface area contributed by atoms with Gasteiger partial charge in [-0.3, -0.25) is 9.98 Å². The fraction of sp³-hybridized carbons (Fsp3) is 0.389. The van der Waals surface area contributed by atoms with Crippen LogP contribution in [0.2, 0.25) is 0 Å². The van der Waals surface area contributed by atoms with E-state index < -0.39 is 0 Å². The molecule has 0 radical (unpaired) electrons. The van der Waals surface area contributed by atoms with Gasteiger partial charge >= 0.3 is 27.7 Å².